The van der Waals surface area contributed by atoms with Crippen molar-refractivity contribution >= 4 is 39.1 Å². The van der Waals surface area contributed by atoms with Crippen LogP contribution in [0.4, 0.5) is 10.1 Å². The van der Waals surface area contributed by atoms with Crippen molar-refractivity contribution in [1.82, 2.24) is 0 Å². The fraction of sp³-hybridized carbons (Fsp3) is 0.133. The molecule has 0 aliphatic carbocycles. The monoisotopic (exact) mass is 371 g/mol. The summed E-state index contributed by atoms with van der Waals surface area (Å²) in [7, 11) is 0. The van der Waals surface area contributed by atoms with Crippen LogP contribution in [0.1, 0.15) is 6.92 Å². The molecule has 21 heavy (non-hydrogen) atoms. The largest absolute Gasteiger partial charge is 0.480 e. The summed E-state index contributed by atoms with van der Waals surface area (Å²) in [6.07, 6.45) is -0.790. The molecule has 2 aromatic rings. The van der Waals surface area contributed by atoms with Gasteiger partial charge in [0, 0.05) is 5.02 Å². The molecule has 0 aromatic heterocycles. The molecule has 6 heteroatoms. The Hall–Kier alpha value is -1.59. The first-order chi connectivity index (χ1) is 9.97. The van der Waals surface area contributed by atoms with Gasteiger partial charge in [0.05, 0.1) is 10.2 Å². The van der Waals surface area contributed by atoms with Gasteiger partial charge < -0.3 is 10.1 Å². The number of rotatable bonds is 4. The molecule has 0 bridgehead atoms. The van der Waals surface area contributed by atoms with E-state index in [9.17, 15) is 9.18 Å². The maximum absolute atomic E-state index is 13.5. The topological polar surface area (TPSA) is 38.3 Å². The number of carbonyl (C=O) groups is 1. The van der Waals surface area contributed by atoms with E-state index in [2.05, 4.69) is 21.2 Å². The standard InChI is InChI=1S/C15H12BrClFNO2/c1-9(21-14-7-6-10(17)8-11(14)16)15(20)19-13-5-3-2-4-12(13)18/h2-9H,1H3,(H,19,20)/t9-/m1/s1. The van der Waals surface area contributed by atoms with Crippen molar-refractivity contribution < 1.29 is 13.9 Å². The Balaban J connectivity index is 2.04. The number of nitrogens with one attached hydrogen (secondary N) is 1. The van der Waals surface area contributed by atoms with Crippen LogP contribution in [0.15, 0.2) is 46.9 Å². The van der Waals surface area contributed by atoms with Crippen molar-refractivity contribution in [3.63, 3.8) is 0 Å². The van der Waals surface area contributed by atoms with Crippen LogP contribution in [0.2, 0.25) is 5.02 Å². The summed E-state index contributed by atoms with van der Waals surface area (Å²) < 4.78 is 19.6. The molecule has 2 aromatic carbocycles. The van der Waals surface area contributed by atoms with E-state index in [1.807, 2.05) is 0 Å². The molecule has 0 saturated heterocycles. The summed E-state index contributed by atoms with van der Waals surface area (Å²) in [5.41, 5.74) is 0.119. The van der Waals surface area contributed by atoms with E-state index < -0.39 is 17.8 Å². The highest BCUT2D eigenvalue weighted by Gasteiger charge is 2.17. The van der Waals surface area contributed by atoms with Crippen LogP contribution in [0.3, 0.4) is 0 Å². The Morgan fingerprint density at radius 2 is 2.05 bits per heavy atom. The van der Waals surface area contributed by atoms with Gasteiger partial charge in [0.25, 0.3) is 5.91 Å². The van der Waals surface area contributed by atoms with Gasteiger partial charge >= 0.3 is 0 Å². The minimum atomic E-state index is -0.790. The molecule has 3 nitrogen and oxygen atoms in total. The first-order valence-corrected chi connectivity index (χ1v) is 7.31. The van der Waals surface area contributed by atoms with E-state index in [1.165, 1.54) is 12.1 Å². The van der Waals surface area contributed by atoms with Crippen LogP contribution in [0.25, 0.3) is 0 Å². The highest BCUT2D eigenvalue weighted by atomic mass is 79.9. The Morgan fingerprint density at radius 1 is 1.33 bits per heavy atom. The van der Waals surface area contributed by atoms with E-state index in [0.29, 0.717) is 15.2 Å². The molecule has 0 spiro atoms. The maximum atomic E-state index is 13.5. The van der Waals surface area contributed by atoms with Crippen molar-refractivity contribution in [2.75, 3.05) is 5.32 Å². The van der Waals surface area contributed by atoms with Gasteiger partial charge in [-0.25, -0.2) is 4.39 Å². The third-order valence-electron chi connectivity index (χ3n) is 2.70. The second-order valence-electron chi connectivity index (χ2n) is 4.30. The number of halogens is 3. The Bertz CT molecular complexity index is 666. The van der Waals surface area contributed by atoms with Gasteiger partial charge in [0.2, 0.25) is 0 Å². The molecule has 0 unspecified atom stereocenters. The van der Waals surface area contributed by atoms with Crippen LogP contribution in [-0.4, -0.2) is 12.0 Å². The molecular weight excluding hydrogens is 361 g/mol. The molecule has 1 atom stereocenters. The third kappa shape index (κ3) is 4.19. The molecule has 0 heterocycles. The van der Waals surface area contributed by atoms with Crippen molar-refractivity contribution in [3.8, 4) is 5.75 Å². The number of benzene rings is 2. The number of anilines is 1. The van der Waals surface area contributed by atoms with Gasteiger partial charge in [0.15, 0.2) is 6.10 Å². The normalized spacial score (nSPS) is 11.8. The molecule has 0 radical (unpaired) electrons. The Kier molecular flexibility index (Phi) is 5.20. The highest BCUT2D eigenvalue weighted by Crippen LogP contribution is 2.28. The highest BCUT2D eigenvalue weighted by molar-refractivity contribution is 9.10. The molecule has 0 saturated carbocycles. The molecule has 1 N–H and O–H groups in total. The number of hydrogen-bond donors (Lipinski definition) is 1. The molecule has 1 amide bonds. The van der Waals surface area contributed by atoms with Crippen LogP contribution in [0, 0.1) is 5.82 Å². The summed E-state index contributed by atoms with van der Waals surface area (Å²) >= 11 is 9.14. The average Bonchev–Trinajstić information content (AvgIpc) is 2.44. The van der Waals surface area contributed by atoms with Gasteiger partial charge in [-0.2, -0.15) is 0 Å². The van der Waals surface area contributed by atoms with Crippen LogP contribution in [-0.2, 0) is 4.79 Å². The predicted octanol–water partition coefficient (Wildman–Crippen LogP) is 4.65. The molecular formula is C15H12BrClFNO2. The van der Waals surface area contributed by atoms with Gasteiger partial charge in [-0.15, -0.1) is 0 Å². The lowest BCUT2D eigenvalue weighted by Crippen LogP contribution is -2.30. The minimum absolute atomic E-state index is 0.119. The zero-order valence-corrected chi connectivity index (χ0v) is 13.4. The van der Waals surface area contributed by atoms with Crippen molar-refractivity contribution in [1.29, 1.82) is 0 Å². The number of ether oxygens (including phenoxy) is 1. The summed E-state index contributed by atoms with van der Waals surface area (Å²) in [4.78, 5) is 12.0. The molecule has 0 aliphatic rings. The van der Waals surface area contributed by atoms with Gasteiger partial charge in [-0.1, -0.05) is 23.7 Å². The second kappa shape index (κ2) is 6.91. The van der Waals surface area contributed by atoms with E-state index in [-0.39, 0.29) is 5.69 Å². The molecule has 2 rings (SSSR count). The average molecular weight is 373 g/mol. The summed E-state index contributed by atoms with van der Waals surface area (Å²) in [5, 5.41) is 3.03. The van der Waals surface area contributed by atoms with E-state index in [0.717, 1.165) is 0 Å². The fourth-order valence-corrected chi connectivity index (χ4v) is 2.39. The number of amides is 1. The molecule has 0 aliphatic heterocycles. The van der Waals surface area contributed by atoms with Crippen LogP contribution >= 0.6 is 27.5 Å². The number of hydrogen-bond acceptors (Lipinski definition) is 2. The minimum Gasteiger partial charge on any atom is -0.480 e. The smallest absolute Gasteiger partial charge is 0.265 e. The van der Waals surface area contributed by atoms with E-state index in [4.69, 9.17) is 16.3 Å². The lowest BCUT2D eigenvalue weighted by Gasteiger charge is -2.16. The zero-order valence-electron chi connectivity index (χ0n) is 11.1. The summed E-state index contributed by atoms with van der Waals surface area (Å²) in [6, 6.07) is 10.9. The van der Waals surface area contributed by atoms with Crippen LogP contribution in [0.5, 0.6) is 5.75 Å². The summed E-state index contributed by atoms with van der Waals surface area (Å²) in [5.74, 6) is -0.455. The fourth-order valence-electron chi connectivity index (χ4n) is 1.61. The van der Waals surface area contributed by atoms with Gasteiger partial charge in [0.1, 0.15) is 11.6 Å². The van der Waals surface area contributed by atoms with Crippen molar-refractivity contribution in [2.24, 2.45) is 0 Å². The first-order valence-electron chi connectivity index (χ1n) is 6.14. The molecule has 0 fully saturated rings. The lowest BCUT2D eigenvalue weighted by molar-refractivity contribution is -0.122. The van der Waals surface area contributed by atoms with Crippen LogP contribution < -0.4 is 10.1 Å². The predicted molar refractivity (Wildman–Crippen MR) is 84.3 cm³/mol. The van der Waals surface area contributed by atoms with Crippen molar-refractivity contribution in [3.05, 3.63) is 57.8 Å². The second-order valence-corrected chi connectivity index (χ2v) is 5.59. The number of para-hydroxylation sites is 1. The molecule has 110 valence electrons. The Morgan fingerprint density at radius 3 is 2.71 bits per heavy atom. The summed E-state index contributed by atoms with van der Waals surface area (Å²) in [6.45, 7) is 1.58. The number of carbonyl (C=O) groups excluding carboxylic acids is 1. The van der Waals surface area contributed by atoms with Gasteiger partial charge in [-0.05, 0) is 53.2 Å². The third-order valence-corrected chi connectivity index (χ3v) is 3.55. The lowest BCUT2D eigenvalue weighted by atomic mass is 10.3. The zero-order chi connectivity index (χ0) is 15.4. The quantitative estimate of drug-likeness (QED) is 0.848. The van der Waals surface area contributed by atoms with E-state index in [1.54, 1.807) is 37.3 Å². The SMILES string of the molecule is C[C@@H](Oc1ccc(Cl)cc1Br)C(=O)Nc1ccccc1F. The first kappa shape index (κ1) is 15.8. The van der Waals surface area contributed by atoms with E-state index >= 15 is 0 Å². The van der Waals surface area contributed by atoms with Crippen molar-refractivity contribution in [2.45, 2.75) is 13.0 Å². The Labute approximate surface area is 135 Å². The van der Waals surface area contributed by atoms with Gasteiger partial charge in [-0.3, -0.25) is 4.79 Å². The maximum Gasteiger partial charge on any atom is 0.265 e.